The second kappa shape index (κ2) is 6.29. The van der Waals surface area contributed by atoms with Gasteiger partial charge in [-0.15, -0.1) is 11.8 Å². The first-order valence-corrected chi connectivity index (χ1v) is 7.56. The summed E-state index contributed by atoms with van der Waals surface area (Å²) < 4.78 is 3.03. The Morgan fingerprint density at radius 3 is 2.83 bits per heavy atom. The van der Waals surface area contributed by atoms with Gasteiger partial charge in [0.05, 0.1) is 10.7 Å². The summed E-state index contributed by atoms with van der Waals surface area (Å²) in [4.78, 5) is 0. The van der Waals surface area contributed by atoms with Crippen LogP contribution in [0, 0.1) is 6.92 Å². The van der Waals surface area contributed by atoms with Crippen molar-refractivity contribution in [3.63, 3.8) is 0 Å². The fourth-order valence-corrected chi connectivity index (χ4v) is 2.99. The second-order valence-electron chi connectivity index (χ2n) is 4.00. The summed E-state index contributed by atoms with van der Waals surface area (Å²) in [5.41, 5.74) is 2.21. The molecule has 0 unspecified atom stereocenters. The van der Waals surface area contributed by atoms with E-state index in [1.165, 1.54) is 5.03 Å². The van der Waals surface area contributed by atoms with Gasteiger partial charge in [0.25, 0.3) is 0 Å². The molecule has 5 heteroatoms. The van der Waals surface area contributed by atoms with Gasteiger partial charge in [0.15, 0.2) is 0 Å². The smallest absolute Gasteiger partial charge is 0.0939 e. The van der Waals surface area contributed by atoms with Crippen LogP contribution in [0.15, 0.2) is 39.8 Å². The third-order valence-electron chi connectivity index (χ3n) is 2.50. The molecule has 0 saturated heterocycles. The van der Waals surface area contributed by atoms with Crippen molar-refractivity contribution in [2.24, 2.45) is 7.05 Å². The number of rotatable bonds is 5. The number of aromatic nitrogens is 2. The van der Waals surface area contributed by atoms with E-state index >= 15 is 0 Å². The van der Waals surface area contributed by atoms with E-state index in [4.69, 9.17) is 0 Å². The van der Waals surface area contributed by atoms with E-state index in [2.05, 4.69) is 38.5 Å². The topological polar surface area (TPSA) is 29.9 Å². The number of para-hydroxylation sites is 1. The van der Waals surface area contributed by atoms with Crippen LogP contribution in [0.1, 0.15) is 5.69 Å². The summed E-state index contributed by atoms with van der Waals surface area (Å²) in [5, 5.41) is 8.95. The van der Waals surface area contributed by atoms with Gasteiger partial charge < -0.3 is 5.32 Å². The van der Waals surface area contributed by atoms with Crippen LogP contribution in [0.3, 0.4) is 0 Å². The van der Waals surface area contributed by atoms with Crippen molar-refractivity contribution in [2.45, 2.75) is 11.9 Å². The van der Waals surface area contributed by atoms with E-state index < -0.39 is 0 Å². The summed E-state index contributed by atoms with van der Waals surface area (Å²) in [7, 11) is 1.98. The molecule has 0 fully saturated rings. The summed E-state index contributed by atoms with van der Waals surface area (Å²) in [6.07, 6.45) is 0. The average Bonchev–Trinajstić information content (AvgIpc) is 2.65. The molecule has 2 rings (SSSR count). The van der Waals surface area contributed by atoms with E-state index in [-0.39, 0.29) is 0 Å². The Balaban J connectivity index is 1.80. The lowest BCUT2D eigenvalue weighted by Gasteiger charge is -2.07. The van der Waals surface area contributed by atoms with Crippen LogP contribution >= 0.6 is 27.7 Å². The van der Waals surface area contributed by atoms with Gasteiger partial charge in [0, 0.05) is 29.5 Å². The molecule has 1 heterocycles. The van der Waals surface area contributed by atoms with Crippen LogP contribution in [0.25, 0.3) is 0 Å². The molecule has 0 atom stereocenters. The lowest BCUT2D eigenvalue weighted by atomic mass is 10.3. The SMILES string of the molecule is Cc1cc(SCCNc2ccccc2Br)n(C)n1. The van der Waals surface area contributed by atoms with Gasteiger partial charge >= 0.3 is 0 Å². The van der Waals surface area contributed by atoms with Crippen molar-refractivity contribution in [1.82, 2.24) is 9.78 Å². The Morgan fingerprint density at radius 2 is 2.17 bits per heavy atom. The van der Waals surface area contributed by atoms with Crippen molar-refractivity contribution >= 4 is 33.4 Å². The minimum absolute atomic E-state index is 0.928. The molecule has 0 aliphatic carbocycles. The molecule has 0 saturated carbocycles. The van der Waals surface area contributed by atoms with Gasteiger partial charge in [-0.05, 0) is 41.1 Å². The highest BCUT2D eigenvalue weighted by Crippen LogP contribution is 2.22. The largest absolute Gasteiger partial charge is 0.383 e. The zero-order chi connectivity index (χ0) is 13.0. The predicted octanol–water partition coefficient (Wildman–Crippen LogP) is 3.70. The lowest BCUT2D eigenvalue weighted by molar-refractivity contribution is 0.692. The number of anilines is 1. The molecule has 1 aromatic heterocycles. The number of thioether (sulfide) groups is 1. The second-order valence-corrected chi connectivity index (χ2v) is 5.97. The normalized spacial score (nSPS) is 10.6. The zero-order valence-corrected chi connectivity index (χ0v) is 12.9. The molecule has 1 N–H and O–H groups in total. The average molecular weight is 326 g/mol. The van der Waals surface area contributed by atoms with E-state index in [1.807, 2.05) is 48.6 Å². The van der Waals surface area contributed by atoms with Crippen LogP contribution < -0.4 is 5.32 Å². The number of aryl methyl sites for hydroxylation is 2. The third-order valence-corrected chi connectivity index (χ3v) is 4.28. The first kappa shape index (κ1) is 13.5. The van der Waals surface area contributed by atoms with Crippen molar-refractivity contribution in [3.8, 4) is 0 Å². The minimum Gasteiger partial charge on any atom is -0.383 e. The van der Waals surface area contributed by atoms with Gasteiger partial charge in [-0.3, -0.25) is 4.68 Å². The molecular weight excluding hydrogens is 310 g/mol. The van der Waals surface area contributed by atoms with Crippen LogP contribution in [0.2, 0.25) is 0 Å². The Bertz CT molecular complexity index is 525. The highest BCUT2D eigenvalue weighted by molar-refractivity contribution is 9.10. The fourth-order valence-electron chi connectivity index (χ4n) is 1.67. The Morgan fingerprint density at radius 1 is 1.39 bits per heavy atom. The third kappa shape index (κ3) is 3.53. The molecule has 0 aliphatic rings. The monoisotopic (exact) mass is 325 g/mol. The molecule has 0 amide bonds. The van der Waals surface area contributed by atoms with E-state index in [0.717, 1.165) is 28.2 Å². The maximum Gasteiger partial charge on any atom is 0.0939 e. The summed E-state index contributed by atoms with van der Waals surface area (Å²) in [6, 6.07) is 10.3. The van der Waals surface area contributed by atoms with Gasteiger partial charge in [0.1, 0.15) is 0 Å². The summed E-state index contributed by atoms with van der Waals surface area (Å²) in [6.45, 7) is 2.95. The van der Waals surface area contributed by atoms with Crippen molar-refractivity contribution < 1.29 is 0 Å². The fraction of sp³-hybridized carbons (Fsp3) is 0.308. The molecule has 96 valence electrons. The quantitative estimate of drug-likeness (QED) is 0.671. The van der Waals surface area contributed by atoms with Crippen LogP contribution in [-0.2, 0) is 7.05 Å². The van der Waals surface area contributed by atoms with Crippen LogP contribution in [0.4, 0.5) is 5.69 Å². The van der Waals surface area contributed by atoms with Crippen molar-refractivity contribution in [3.05, 3.63) is 40.5 Å². The molecule has 0 radical (unpaired) electrons. The molecule has 1 aromatic carbocycles. The van der Waals surface area contributed by atoms with Crippen molar-refractivity contribution in [1.29, 1.82) is 0 Å². The summed E-state index contributed by atoms with van der Waals surface area (Å²) in [5.74, 6) is 1.01. The Labute approximate surface area is 120 Å². The van der Waals surface area contributed by atoms with E-state index in [9.17, 15) is 0 Å². The van der Waals surface area contributed by atoms with Crippen molar-refractivity contribution in [2.75, 3.05) is 17.6 Å². The zero-order valence-electron chi connectivity index (χ0n) is 10.5. The first-order valence-electron chi connectivity index (χ1n) is 5.78. The van der Waals surface area contributed by atoms with E-state index in [0.29, 0.717) is 0 Å². The van der Waals surface area contributed by atoms with Crippen LogP contribution in [0.5, 0.6) is 0 Å². The molecule has 0 bridgehead atoms. The van der Waals surface area contributed by atoms with Crippen LogP contribution in [-0.4, -0.2) is 22.1 Å². The number of nitrogens with one attached hydrogen (secondary N) is 1. The first-order chi connectivity index (χ1) is 8.66. The summed E-state index contributed by atoms with van der Waals surface area (Å²) >= 11 is 5.34. The van der Waals surface area contributed by atoms with Gasteiger partial charge in [-0.1, -0.05) is 12.1 Å². The predicted molar refractivity (Wildman–Crippen MR) is 81.3 cm³/mol. The molecule has 2 aromatic rings. The highest BCUT2D eigenvalue weighted by atomic mass is 79.9. The highest BCUT2D eigenvalue weighted by Gasteiger charge is 2.02. The number of hydrogen-bond acceptors (Lipinski definition) is 3. The molecular formula is C13H16BrN3S. The Hall–Kier alpha value is -0.940. The number of halogens is 1. The number of nitrogens with zero attached hydrogens (tertiary/aromatic N) is 2. The molecule has 0 spiro atoms. The van der Waals surface area contributed by atoms with Gasteiger partial charge in [-0.25, -0.2) is 0 Å². The van der Waals surface area contributed by atoms with Gasteiger partial charge in [0.2, 0.25) is 0 Å². The lowest BCUT2D eigenvalue weighted by Crippen LogP contribution is -2.05. The van der Waals surface area contributed by atoms with Gasteiger partial charge in [-0.2, -0.15) is 5.10 Å². The maximum atomic E-state index is 4.33. The maximum absolute atomic E-state index is 4.33. The number of benzene rings is 1. The van der Waals surface area contributed by atoms with E-state index in [1.54, 1.807) is 0 Å². The molecule has 18 heavy (non-hydrogen) atoms. The Kier molecular flexibility index (Phi) is 4.72. The molecule has 3 nitrogen and oxygen atoms in total. The standard InChI is InChI=1S/C13H16BrN3S/c1-10-9-13(17(2)16-10)18-8-7-15-12-6-4-3-5-11(12)14/h3-6,9,15H,7-8H2,1-2H3. The number of hydrogen-bond donors (Lipinski definition) is 1. The minimum atomic E-state index is 0.928. The molecule has 0 aliphatic heterocycles.